The average Bonchev–Trinajstić information content (AvgIpc) is 1.79. The minimum Gasteiger partial charge on any atom is -0.314 e. The van der Waals surface area contributed by atoms with Crippen LogP contribution in [-0.2, 0) is 0 Å². The topological polar surface area (TPSA) is 23.5 Å². The molecule has 0 amide bonds. The molecule has 0 aromatic carbocycles. The lowest BCUT2D eigenvalue weighted by molar-refractivity contribution is -0.208. The van der Waals surface area contributed by atoms with Crippen molar-refractivity contribution >= 4 is 0 Å². The number of rotatable bonds is 4. The maximum atomic E-state index is 11.5. The number of hydrogen-bond acceptors (Lipinski definition) is 2. The van der Waals surface area contributed by atoms with Crippen molar-refractivity contribution in [2.24, 2.45) is 0 Å². The summed E-state index contributed by atoms with van der Waals surface area (Å²) in [5.74, 6) is 0. The minimum atomic E-state index is -4.30. The predicted octanol–water partition coefficient (Wildman–Crippen LogP) is 2.04. The largest absolute Gasteiger partial charge is 0.403 e. The van der Waals surface area contributed by atoms with E-state index < -0.39 is 12.7 Å². The summed E-state index contributed by atoms with van der Waals surface area (Å²) in [5, 5.41) is 8.92. The Morgan fingerprint density at radius 3 is 2.27 bits per heavy atom. The quantitative estimate of drug-likeness (QED) is 0.654. The van der Waals surface area contributed by atoms with Crippen LogP contribution >= 0.6 is 0 Å². The van der Waals surface area contributed by atoms with Crippen molar-refractivity contribution in [1.82, 2.24) is 5.06 Å². The number of hydroxylamine groups is 2. The molecule has 0 spiro atoms. The Labute approximate surface area is 63.6 Å². The van der Waals surface area contributed by atoms with Crippen LogP contribution in [0.2, 0.25) is 0 Å². The summed E-state index contributed by atoms with van der Waals surface area (Å²) in [4.78, 5) is 0. The van der Waals surface area contributed by atoms with Gasteiger partial charge in [0.25, 0.3) is 0 Å². The summed E-state index contributed by atoms with van der Waals surface area (Å²) >= 11 is 0. The molecule has 0 radical (unpaired) electrons. The number of halogens is 3. The fraction of sp³-hybridized carbons (Fsp3) is 1.00. The van der Waals surface area contributed by atoms with Gasteiger partial charge in [-0.1, -0.05) is 13.3 Å². The molecule has 0 aliphatic rings. The molecular formula is C6H12F3NO. The van der Waals surface area contributed by atoms with Crippen molar-refractivity contribution in [3.05, 3.63) is 0 Å². The van der Waals surface area contributed by atoms with Gasteiger partial charge < -0.3 is 5.21 Å². The highest BCUT2D eigenvalue weighted by Gasteiger charge is 2.29. The third kappa shape index (κ3) is 7.61. The lowest BCUT2D eigenvalue weighted by Gasteiger charge is -2.15. The lowest BCUT2D eigenvalue weighted by atomic mass is 10.3. The van der Waals surface area contributed by atoms with Gasteiger partial charge in [0, 0.05) is 6.54 Å². The number of nitrogens with zero attached hydrogens (tertiary/aromatic N) is 1. The van der Waals surface area contributed by atoms with E-state index in [1.54, 1.807) is 0 Å². The Balaban J connectivity index is 3.44. The van der Waals surface area contributed by atoms with Gasteiger partial charge in [-0.15, -0.1) is 0 Å². The molecule has 0 aromatic rings. The molecule has 0 atom stereocenters. The average molecular weight is 171 g/mol. The van der Waals surface area contributed by atoms with Gasteiger partial charge in [0.15, 0.2) is 0 Å². The first kappa shape index (κ1) is 10.7. The molecule has 0 heterocycles. The molecule has 0 rings (SSSR count). The van der Waals surface area contributed by atoms with Gasteiger partial charge in [0.05, 0.1) is 0 Å². The summed E-state index contributed by atoms with van der Waals surface area (Å²) in [6.45, 7) is 0.685. The molecule has 11 heavy (non-hydrogen) atoms. The maximum absolute atomic E-state index is 11.5. The molecule has 5 heteroatoms. The van der Waals surface area contributed by atoms with Gasteiger partial charge in [-0.05, 0) is 6.42 Å². The molecule has 0 aliphatic heterocycles. The van der Waals surface area contributed by atoms with Crippen LogP contribution < -0.4 is 0 Å². The Hall–Kier alpha value is -0.290. The second-order valence-corrected chi connectivity index (χ2v) is 2.36. The van der Waals surface area contributed by atoms with E-state index in [1.165, 1.54) is 0 Å². The fourth-order valence-corrected chi connectivity index (χ4v) is 0.627. The second kappa shape index (κ2) is 4.56. The fourth-order valence-electron chi connectivity index (χ4n) is 0.627. The Morgan fingerprint density at radius 1 is 1.36 bits per heavy atom. The van der Waals surface area contributed by atoms with Gasteiger partial charge in [0.1, 0.15) is 6.54 Å². The van der Waals surface area contributed by atoms with Crippen LogP contribution in [0.1, 0.15) is 19.8 Å². The molecule has 0 aromatic heterocycles. The summed E-state index contributed by atoms with van der Waals surface area (Å²) in [6, 6.07) is 0. The van der Waals surface area contributed by atoms with E-state index in [1.807, 2.05) is 6.92 Å². The molecule has 0 saturated heterocycles. The maximum Gasteiger partial charge on any atom is 0.403 e. The molecular weight excluding hydrogens is 159 g/mol. The normalized spacial score (nSPS) is 12.5. The van der Waals surface area contributed by atoms with Crippen molar-refractivity contribution in [1.29, 1.82) is 0 Å². The summed E-state index contributed by atoms with van der Waals surface area (Å²) in [7, 11) is 0. The van der Waals surface area contributed by atoms with Gasteiger partial charge in [0.2, 0.25) is 0 Å². The zero-order valence-electron chi connectivity index (χ0n) is 6.36. The first-order valence-corrected chi connectivity index (χ1v) is 3.46. The first-order chi connectivity index (χ1) is 4.95. The van der Waals surface area contributed by atoms with Gasteiger partial charge in [-0.2, -0.15) is 18.2 Å². The Bertz CT molecular complexity index is 104. The number of unbranched alkanes of at least 4 members (excludes halogenated alkanes) is 1. The molecule has 0 fully saturated rings. The van der Waals surface area contributed by atoms with Crippen LogP contribution in [0.3, 0.4) is 0 Å². The van der Waals surface area contributed by atoms with E-state index in [0.717, 1.165) is 6.42 Å². The van der Waals surface area contributed by atoms with E-state index in [4.69, 9.17) is 5.21 Å². The van der Waals surface area contributed by atoms with E-state index in [0.29, 0.717) is 11.5 Å². The van der Waals surface area contributed by atoms with E-state index in [-0.39, 0.29) is 6.54 Å². The number of alkyl halides is 3. The van der Waals surface area contributed by atoms with Crippen molar-refractivity contribution < 1.29 is 18.4 Å². The standard InChI is InChI=1S/C6H12F3NO/c1-2-3-4-10(11)5-6(7,8)9/h11H,2-5H2,1H3. The third-order valence-electron chi connectivity index (χ3n) is 1.13. The first-order valence-electron chi connectivity index (χ1n) is 3.46. The van der Waals surface area contributed by atoms with E-state index in [2.05, 4.69) is 0 Å². The van der Waals surface area contributed by atoms with Crippen LogP contribution in [0.15, 0.2) is 0 Å². The molecule has 0 aliphatic carbocycles. The summed E-state index contributed by atoms with van der Waals surface area (Å²) in [6.07, 6.45) is -2.95. The Kier molecular flexibility index (Phi) is 4.44. The number of hydrogen-bond donors (Lipinski definition) is 1. The van der Waals surface area contributed by atoms with Crippen LogP contribution in [0.4, 0.5) is 13.2 Å². The van der Waals surface area contributed by atoms with Crippen molar-refractivity contribution in [3.63, 3.8) is 0 Å². The summed E-state index contributed by atoms with van der Waals surface area (Å²) in [5.41, 5.74) is 0. The van der Waals surface area contributed by atoms with Gasteiger partial charge in [-0.25, -0.2) is 0 Å². The van der Waals surface area contributed by atoms with Crippen LogP contribution in [0.5, 0.6) is 0 Å². The van der Waals surface area contributed by atoms with Crippen molar-refractivity contribution in [3.8, 4) is 0 Å². The van der Waals surface area contributed by atoms with E-state index >= 15 is 0 Å². The van der Waals surface area contributed by atoms with Crippen LogP contribution in [0, 0.1) is 0 Å². The van der Waals surface area contributed by atoms with E-state index in [9.17, 15) is 13.2 Å². The van der Waals surface area contributed by atoms with Crippen LogP contribution in [0.25, 0.3) is 0 Å². The van der Waals surface area contributed by atoms with Gasteiger partial charge in [-0.3, -0.25) is 0 Å². The minimum absolute atomic E-state index is 0.0794. The highest BCUT2D eigenvalue weighted by molar-refractivity contribution is 4.53. The zero-order valence-corrected chi connectivity index (χ0v) is 6.36. The second-order valence-electron chi connectivity index (χ2n) is 2.36. The smallest absolute Gasteiger partial charge is 0.314 e. The molecule has 0 unspecified atom stereocenters. The SMILES string of the molecule is CCCCN(O)CC(F)(F)F. The highest BCUT2D eigenvalue weighted by Crippen LogP contribution is 2.15. The lowest BCUT2D eigenvalue weighted by Crippen LogP contribution is -2.32. The predicted molar refractivity (Wildman–Crippen MR) is 34.3 cm³/mol. The monoisotopic (exact) mass is 171 g/mol. The third-order valence-corrected chi connectivity index (χ3v) is 1.13. The van der Waals surface area contributed by atoms with Crippen molar-refractivity contribution in [2.75, 3.05) is 13.1 Å². The molecule has 1 N–H and O–H groups in total. The Morgan fingerprint density at radius 2 is 1.91 bits per heavy atom. The van der Waals surface area contributed by atoms with Crippen molar-refractivity contribution in [2.45, 2.75) is 25.9 Å². The summed E-state index contributed by atoms with van der Waals surface area (Å²) < 4.78 is 34.6. The molecule has 0 bridgehead atoms. The molecule has 2 nitrogen and oxygen atoms in total. The highest BCUT2D eigenvalue weighted by atomic mass is 19.4. The zero-order chi connectivity index (χ0) is 8.91. The molecule has 0 saturated carbocycles. The molecule has 68 valence electrons. The van der Waals surface area contributed by atoms with Crippen LogP contribution in [-0.4, -0.2) is 29.5 Å². The van der Waals surface area contributed by atoms with Gasteiger partial charge >= 0.3 is 6.18 Å².